The number of hydroxylamine groups is 1. The quantitative estimate of drug-likeness (QED) is 0.582. The van der Waals surface area contributed by atoms with Crippen molar-refractivity contribution in [1.29, 1.82) is 0 Å². The third-order valence-corrected chi connectivity index (χ3v) is 1.57. The molecular formula is C11H13NO2. The number of benzene rings is 1. The van der Waals surface area contributed by atoms with Gasteiger partial charge in [-0.2, -0.15) is 0 Å². The van der Waals surface area contributed by atoms with Gasteiger partial charge in [0.15, 0.2) is 0 Å². The molecule has 0 bridgehead atoms. The van der Waals surface area contributed by atoms with Crippen molar-refractivity contribution in [2.45, 2.75) is 13.5 Å². The van der Waals surface area contributed by atoms with Gasteiger partial charge in [-0.25, -0.2) is 5.48 Å². The summed E-state index contributed by atoms with van der Waals surface area (Å²) in [7, 11) is 0. The molecule has 0 fully saturated rings. The summed E-state index contributed by atoms with van der Waals surface area (Å²) in [6, 6.07) is 9.64. The zero-order valence-electron chi connectivity index (χ0n) is 8.07. The van der Waals surface area contributed by atoms with E-state index in [9.17, 15) is 4.79 Å². The monoisotopic (exact) mass is 191 g/mol. The fourth-order valence-electron chi connectivity index (χ4n) is 0.950. The molecule has 74 valence electrons. The van der Waals surface area contributed by atoms with E-state index in [1.54, 1.807) is 13.0 Å². The highest BCUT2D eigenvalue weighted by Crippen LogP contribution is 1.98. The van der Waals surface area contributed by atoms with Crippen LogP contribution >= 0.6 is 0 Å². The summed E-state index contributed by atoms with van der Waals surface area (Å²) in [5, 5.41) is 0. The third kappa shape index (κ3) is 3.87. The number of hydrogen-bond donors (Lipinski definition) is 1. The number of carbonyl (C=O) groups excluding carboxylic acids is 1. The second kappa shape index (κ2) is 5.94. The van der Waals surface area contributed by atoms with E-state index in [0.717, 1.165) is 5.56 Å². The van der Waals surface area contributed by atoms with Gasteiger partial charge in [0.05, 0.1) is 6.61 Å². The molecule has 0 aliphatic carbocycles. The van der Waals surface area contributed by atoms with Crippen molar-refractivity contribution in [3.63, 3.8) is 0 Å². The fraction of sp³-hybridized carbons (Fsp3) is 0.182. The van der Waals surface area contributed by atoms with Crippen molar-refractivity contribution in [1.82, 2.24) is 5.48 Å². The maximum atomic E-state index is 10.9. The standard InChI is InChI=1S/C11H13NO2/c1-2-6-11(13)12-14-9-10-7-4-3-5-8-10/h2-8H,9H2,1H3,(H,12,13)/b6-2+. The number of carbonyl (C=O) groups is 1. The SMILES string of the molecule is C/C=C/C(=O)NOCc1ccccc1. The minimum Gasteiger partial charge on any atom is -0.269 e. The van der Waals surface area contributed by atoms with Crippen LogP contribution in [0.2, 0.25) is 0 Å². The number of hydrogen-bond acceptors (Lipinski definition) is 2. The van der Waals surface area contributed by atoms with Crippen LogP contribution in [0.3, 0.4) is 0 Å². The van der Waals surface area contributed by atoms with Gasteiger partial charge in [0.25, 0.3) is 5.91 Å². The third-order valence-electron chi connectivity index (χ3n) is 1.57. The molecule has 0 radical (unpaired) electrons. The summed E-state index contributed by atoms with van der Waals surface area (Å²) in [4.78, 5) is 15.9. The Morgan fingerprint density at radius 3 is 2.79 bits per heavy atom. The molecule has 0 atom stereocenters. The molecule has 0 saturated heterocycles. The van der Waals surface area contributed by atoms with E-state index in [1.807, 2.05) is 30.3 Å². The number of allylic oxidation sites excluding steroid dienone is 1. The van der Waals surface area contributed by atoms with E-state index in [-0.39, 0.29) is 5.91 Å². The minimum absolute atomic E-state index is 0.247. The molecular weight excluding hydrogens is 178 g/mol. The van der Waals surface area contributed by atoms with Crippen LogP contribution in [0.1, 0.15) is 12.5 Å². The lowest BCUT2D eigenvalue weighted by Crippen LogP contribution is -2.20. The summed E-state index contributed by atoms with van der Waals surface area (Å²) in [5.41, 5.74) is 3.33. The summed E-state index contributed by atoms with van der Waals surface area (Å²) in [6.07, 6.45) is 3.06. The average Bonchev–Trinajstić information content (AvgIpc) is 2.20. The molecule has 1 rings (SSSR count). The molecule has 0 aromatic heterocycles. The van der Waals surface area contributed by atoms with Crippen LogP contribution < -0.4 is 5.48 Å². The minimum atomic E-state index is -0.247. The normalized spacial score (nSPS) is 10.4. The highest BCUT2D eigenvalue weighted by molar-refractivity contribution is 5.86. The second-order valence-corrected chi connectivity index (χ2v) is 2.74. The lowest BCUT2D eigenvalue weighted by Gasteiger charge is -2.02. The van der Waals surface area contributed by atoms with Gasteiger partial charge in [-0.1, -0.05) is 36.4 Å². The van der Waals surface area contributed by atoms with E-state index in [2.05, 4.69) is 5.48 Å². The molecule has 1 aromatic carbocycles. The Morgan fingerprint density at radius 2 is 2.14 bits per heavy atom. The van der Waals surface area contributed by atoms with E-state index in [1.165, 1.54) is 6.08 Å². The lowest BCUT2D eigenvalue weighted by atomic mass is 10.2. The maximum absolute atomic E-state index is 10.9. The van der Waals surface area contributed by atoms with Gasteiger partial charge in [-0.05, 0) is 12.5 Å². The summed E-state index contributed by atoms with van der Waals surface area (Å²) in [5.74, 6) is -0.247. The zero-order chi connectivity index (χ0) is 10.2. The molecule has 0 aliphatic heterocycles. The first-order valence-corrected chi connectivity index (χ1v) is 4.41. The van der Waals surface area contributed by atoms with Crippen molar-refractivity contribution < 1.29 is 9.63 Å². The van der Waals surface area contributed by atoms with Crippen molar-refractivity contribution in [3.05, 3.63) is 48.0 Å². The number of nitrogens with one attached hydrogen (secondary N) is 1. The average molecular weight is 191 g/mol. The van der Waals surface area contributed by atoms with Crippen LogP contribution in [0.5, 0.6) is 0 Å². The highest BCUT2D eigenvalue weighted by Gasteiger charge is 1.94. The van der Waals surface area contributed by atoms with Crippen LogP contribution in [0, 0.1) is 0 Å². The number of rotatable bonds is 4. The van der Waals surface area contributed by atoms with Crippen LogP contribution in [0.25, 0.3) is 0 Å². The van der Waals surface area contributed by atoms with Gasteiger partial charge >= 0.3 is 0 Å². The van der Waals surface area contributed by atoms with Crippen molar-refractivity contribution in [2.75, 3.05) is 0 Å². The molecule has 1 aromatic rings. The lowest BCUT2D eigenvalue weighted by molar-refractivity contribution is -0.129. The molecule has 3 nitrogen and oxygen atoms in total. The van der Waals surface area contributed by atoms with Gasteiger partial charge in [-0.15, -0.1) is 0 Å². The van der Waals surface area contributed by atoms with Gasteiger partial charge in [0.2, 0.25) is 0 Å². The molecule has 14 heavy (non-hydrogen) atoms. The Hall–Kier alpha value is -1.61. The van der Waals surface area contributed by atoms with Crippen LogP contribution in [0.4, 0.5) is 0 Å². The molecule has 0 heterocycles. The summed E-state index contributed by atoms with van der Waals surface area (Å²) < 4.78 is 0. The van der Waals surface area contributed by atoms with Gasteiger partial charge < -0.3 is 0 Å². The largest absolute Gasteiger partial charge is 0.269 e. The van der Waals surface area contributed by atoms with E-state index >= 15 is 0 Å². The van der Waals surface area contributed by atoms with E-state index < -0.39 is 0 Å². The first-order chi connectivity index (χ1) is 6.83. The maximum Gasteiger partial charge on any atom is 0.267 e. The van der Waals surface area contributed by atoms with Crippen molar-refractivity contribution >= 4 is 5.91 Å². The van der Waals surface area contributed by atoms with E-state index in [0.29, 0.717) is 6.61 Å². The fourth-order valence-corrected chi connectivity index (χ4v) is 0.950. The zero-order valence-corrected chi connectivity index (χ0v) is 8.07. The Bertz CT molecular complexity index is 306. The van der Waals surface area contributed by atoms with Crippen LogP contribution in [-0.4, -0.2) is 5.91 Å². The number of amides is 1. The molecule has 0 spiro atoms. The Kier molecular flexibility index (Phi) is 4.44. The Labute approximate surface area is 83.3 Å². The first kappa shape index (κ1) is 10.5. The Morgan fingerprint density at radius 1 is 1.43 bits per heavy atom. The molecule has 3 heteroatoms. The van der Waals surface area contributed by atoms with Gasteiger partial charge in [0.1, 0.15) is 0 Å². The molecule has 0 saturated carbocycles. The molecule has 1 amide bonds. The summed E-state index contributed by atoms with van der Waals surface area (Å²) >= 11 is 0. The van der Waals surface area contributed by atoms with E-state index in [4.69, 9.17) is 4.84 Å². The van der Waals surface area contributed by atoms with Crippen molar-refractivity contribution in [2.24, 2.45) is 0 Å². The van der Waals surface area contributed by atoms with Crippen LogP contribution in [-0.2, 0) is 16.2 Å². The van der Waals surface area contributed by atoms with Crippen molar-refractivity contribution in [3.8, 4) is 0 Å². The Balaban J connectivity index is 2.25. The molecule has 1 N–H and O–H groups in total. The topological polar surface area (TPSA) is 38.3 Å². The van der Waals surface area contributed by atoms with Gasteiger partial charge in [-0.3, -0.25) is 9.63 Å². The molecule has 0 unspecified atom stereocenters. The molecule has 0 aliphatic rings. The predicted molar refractivity (Wildman–Crippen MR) is 54.2 cm³/mol. The van der Waals surface area contributed by atoms with Gasteiger partial charge in [0, 0.05) is 6.08 Å². The predicted octanol–water partition coefficient (Wildman–Crippen LogP) is 1.81. The second-order valence-electron chi connectivity index (χ2n) is 2.74. The summed E-state index contributed by atoms with van der Waals surface area (Å²) in [6.45, 7) is 2.15. The van der Waals surface area contributed by atoms with Crippen LogP contribution in [0.15, 0.2) is 42.5 Å². The first-order valence-electron chi connectivity index (χ1n) is 4.41. The highest BCUT2D eigenvalue weighted by atomic mass is 16.6. The smallest absolute Gasteiger partial charge is 0.267 e.